The molecule has 0 heterocycles. The molecule has 37 heavy (non-hydrogen) atoms. The van der Waals surface area contributed by atoms with Gasteiger partial charge in [0.05, 0.1) is 23.3 Å². The number of halogens is 2. The van der Waals surface area contributed by atoms with E-state index >= 15 is 4.39 Å². The summed E-state index contributed by atoms with van der Waals surface area (Å²) in [6.45, 7) is 7.95. The van der Waals surface area contributed by atoms with Crippen molar-refractivity contribution in [1.82, 2.24) is 0 Å². The highest BCUT2D eigenvalue weighted by Gasteiger charge is 2.21. The second kappa shape index (κ2) is 10.6. The van der Waals surface area contributed by atoms with Crippen LogP contribution in [0.25, 0.3) is 28.3 Å². The van der Waals surface area contributed by atoms with E-state index in [0.29, 0.717) is 27.8 Å². The molecule has 5 nitrogen and oxygen atoms in total. The molecule has 0 bridgehead atoms. The van der Waals surface area contributed by atoms with Crippen LogP contribution < -0.4 is 0 Å². The molecular weight excluding hydrogens is 476 g/mol. The van der Waals surface area contributed by atoms with Crippen LogP contribution in [0.4, 0.5) is 8.78 Å². The van der Waals surface area contributed by atoms with E-state index in [1.54, 1.807) is 40.7 Å². The van der Waals surface area contributed by atoms with Crippen molar-refractivity contribution in [3.05, 3.63) is 88.5 Å². The summed E-state index contributed by atoms with van der Waals surface area (Å²) in [5.74, 6) is -1.97. The Morgan fingerprint density at radius 3 is 2.24 bits per heavy atom. The first kappa shape index (κ1) is 27.7. The zero-order valence-electron chi connectivity index (χ0n) is 21.4. The number of hydrogen-bond donors (Lipinski definition) is 2. The molecule has 0 fully saturated rings. The van der Waals surface area contributed by atoms with Crippen molar-refractivity contribution in [3.63, 3.8) is 0 Å². The van der Waals surface area contributed by atoms with Crippen LogP contribution in [-0.4, -0.2) is 27.4 Å². The molecule has 3 aromatic carbocycles. The lowest BCUT2D eigenvalue weighted by Crippen LogP contribution is -2.23. The maximum absolute atomic E-state index is 15.5. The van der Waals surface area contributed by atoms with Gasteiger partial charge in [-0.1, -0.05) is 24.3 Å². The van der Waals surface area contributed by atoms with Crippen molar-refractivity contribution in [2.45, 2.75) is 52.4 Å². The largest absolute Gasteiger partial charge is 0.456 e. The van der Waals surface area contributed by atoms with Crippen molar-refractivity contribution in [2.75, 3.05) is 0 Å². The van der Waals surface area contributed by atoms with Crippen molar-refractivity contribution in [2.24, 2.45) is 0 Å². The van der Waals surface area contributed by atoms with Gasteiger partial charge in [0.1, 0.15) is 23.3 Å². The zero-order valence-corrected chi connectivity index (χ0v) is 21.4. The SMILES string of the molecule is CC(C)(O)C=Cc1cc(F)c(-c2ccc(C(=O)OC(C)(C)C)cc2-c2ccc(C#N)c(F)c2)cc1CO. The van der Waals surface area contributed by atoms with E-state index < -0.39 is 35.4 Å². The van der Waals surface area contributed by atoms with Gasteiger partial charge in [0.2, 0.25) is 0 Å². The van der Waals surface area contributed by atoms with Crippen LogP contribution in [0.1, 0.15) is 61.7 Å². The molecule has 0 aliphatic heterocycles. The Labute approximate surface area is 215 Å². The van der Waals surface area contributed by atoms with Gasteiger partial charge in [0, 0.05) is 5.56 Å². The molecule has 3 aromatic rings. The summed E-state index contributed by atoms with van der Waals surface area (Å²) in [4.78, 5) is 12.7. The van der Waals surface area contributed by atoms with Gasteiger partial charge in [0.25, 0.3) is 0 Å². The molecule has 0 atom stereocenters. The third-order valence-electron chi connectivity index (χ3n) is 5.41. The standard InChI is InChI=1S/C30H29F2NO4/c1-29(2,3)37-28(35)20-8-9-23(24(12-20)19-6-7-21(16-33)26(31)15-19)25-13-22(17-34)18(14-27(25)32)10-11-30(4,5)36/h6-15,34,36H,17H2,1-5H3. The molecule has 0 aliphatic carbocycles. The molecule has 0 amide bonds. The van der Waals surface area contributed by atoms with E-state index in [0.717, 1.165) is 6.07 Å². The molecule has 0 spiro atoms. The van der Waals surface area contributed by atoms with Crippen LogP contribution in [-0.2, 0) is 11.3 Å². The Hall–Kier alpha value is -3.86. The highest BCUT2D eigenvalue weighted by atomic mass is 19.1. The van der Waals surface area contributed by atoms with E-state index in [9.17, 15) is 19.4 Å². The normalized spacial score (nSPS) is 12.0. The van der Waals surface area contributed by atoms with E-state index in [1.807, 2.05) is 0 Å². The van der Waals surface area contributed by atoms with E-state index in [1.165, 1.54) is 54.6 Å². The molecule has 0 saturated carbocycles. The number of carbonyl (C=O) groups excluding carboxylic acids is 1. The molecule has 192 valence electrons. The lowest BCUT2D eigenvalue weighted by atomic mass is 9.90. The molecule has 3 rings (SSSR count). The quantitative estimate of drug-likeness (QED) is 0.378. The van der Waals surface area contributed by atoms with Crippen molar-refractivity contribution in [3.8, 4) is 28.3 Å². The number of aliphatic hydroxyl groups is 2. The Balaban J connectivity index is 2.24. The molecule has 0 unspecified atom stereocenters. The summed E-state index contributed by atoms with van der Waals surface area (Å²) in [5, 5.41) is 29.0. The molecule has 7 heteroatoms. The topological polar surface area (TPSA) is 90.5 Å². The van der Waals surface area contributed by atoms with Gasteiger partial charge in [0.15, 0.2) is 0 Å². The number of benzene rings is 3. The van der Waals surface area contributed by atoms with Gasteiger partial charge in [-0.25, -0.2) is 13.6 Å². The second-order valence-corrected chi connectivity index (χ2v) is 10.2. The number of carbonyl (C=O) groups is 1. The minimum Gasteiger partial charge on any atom is -0.456 e. The van der Waals surface area contributed by atoms with Gasteiger partial charge < -0.3 is 14.9 Å². The Morgan fingerprint density at radius 1 is 0.973 bits per heavy atom. The molecule has 0 aliphatic rings. The van der Waals surface area contributed by atoms with Crippen LogP contribution >= 0.6 is 0 Å². The predicted octanol–water partition coefficient (Wildman–Crippen LogP) is 6.40. The number of aliphatic hydroxyl groups excluding tert-OH is 1. The minimum atomic E-state index is -1.13. The number of esters is 1. The maximum atomic E-state index is 15.5. The minimum absolute atomic E-state index is 0.125. The molecular formula is C30H29F2NO4. The van der Waals surface area contributed by atoms with Crippen LogP contribution in [0.2, 0.25) is 0 Å². The van der Waals surface area contributed by atoms with E-state index in [2.05, 4.69) is 0 Å². The van der Waals surface area contributed by atoms with E-state index in [-0.39, 0.29) is 16.7 Å². The van der Waals surface area contributed by atoms with Crippen molar-refractivity contribution < 1.29 is 28.5 Å². The summed E-state index contributed by atoms with van der Waals surface area (Å²) in [7, 11) is 0. The first-order chi connectivity index (χ1) is 17.2. The van der Waals surface area contributed by atoms with Gasteiger partial charge >= 0.3 is 5.97 Å². The third kappa shape index (κ3) is 6.88. The monoisotopic (exact) mass is 505 g/mol. The predicted molar refractivity (Wildman–Crippen MR) is 138 cm³/mol. The summed E-state index contributed by atoms with van der Waals surface area (Å²) in [6, 6.07) is 13.0. The number of hydrogen-bond acceptors (Lipinski definition) is 5. The third-order valence-corrected chi connectivity index (χ3v) is 5.41. The number of ether oxygens (including phenoxy) is 1. The highest BCUT2D eigenvalue weighted by molar-refractivity contribution is 5.95. The summed E-state index contributed by atoms with van der Waals surface area (Å²) in [5.41, 5.74) is 0.101. The summed E-state index contributed by atoms with van der Waals surface area (Å²) < 4.78 is 35.5. The Kier molecular flexibility index (Phi) is 7.97. The average Bonchev–Trinajstić information content (AvgIpc) is 2.81. The van der Waals surface area contributed by atoms with Crippen molar-refractivity contribution in [1.29, 1.82) is 5.26 Å². The lowest BCUT2D eigenvalue weighted by Gasteiger charge is -2.20. The fourth-order valence-electron chi connectivity index (χ4n) is 3.68. The van der Waals surface area contributed by atoms with Crippen LogP contribution in [0.15, 0.2) is 54.6 Å². The Morgan fingerprint density at radius 2 is 1.68 bits per heavy atom. The van der Waals surface area contributed by atoms with Gasteiger partial charge in [-0.15, -0.1) is 0 Å². The Bertz CT molecular complexity index is 1410. The number of nitriles is 1. The summed E-state index contributed by atoms with van der Waals surface area (Å²) in [6.07, 6.45) is 3.02. The molecule has 0 aromatic heterocycles. The smallest absolute Gasteiger partial charge is 0.338 e. The molecule has 0 radical (unpaired) electrons. The van der Waals surface area contributed by atoms with Crippen LogP contribution in [0.3, 0.4) is 0 Å². The van der Waals surface area contributed by atoms with Gasteiger partial charge in [-0.3, -0.25) is 0 Å². The van der Waals surface area contributed by atoms with Crippen LogP contribution in [0.5, 0.6) is 0 Å². The fourth-order valence-corrected chi connectivity index (χ4v) is 3.68. The molecule has 2 N–H and O–H groups in total. The first-order valence-corrected chi connectivity index (χ1v) is 11.6. The van der Waals surface area contributed by atoms with E-state index in [4.69, 9.17) is 10.00 Å². The number of nitrogens with zero attached hydrogens (tertiary/aromatic N) is 1. The zero-order chi connectivity index (χ0) is 27.5. The highest BCUT2D eigenvalue weighted by Crippen LogP contribution is 2.37. The first-order valence-electron chi connectivity index (χ1n) is 11.6. The number of rotatable bonds is 6. The maximum Gasteiger partial charge on any atom is 0.338 e. The summed E-state index contributed by atoms with van der Waals surface area (Å²) >= 11 is 0. The fraction of sp³-hybridized carbons (Fsp3) is 0.267. The average molecular weight is 506 g/mol. The van der Waals surface area contributed by atoms with Crippen LogP contribution in [0, 0.1) is 23.0 Å². The van der Waals surface area contributed by atoms with Gasteiger partial charge in [-0.05, 0) is 98.8 Å². The molecule has 0 saturated heterocycles. The van der Waals surface area contributed by atoms with Gasteiger partial charge in [-0.2, -0.15) is 5.26 Å². The van der Waals surface area contributed by atoms with Crippen molar-refractivity contribution >= 4 is 12.0 Å². The lowest BCUT2D eigenvalue weighted by molar-refractivity contribution is 0.00695. The second-order valence-electron chi connectivity index (χ2n) is 10.2.